The normalized spacial score (nSPS) is 15.0. The average molecular weight is 340 g/mol. The number of nitrogens with one attached hydrogen (secondary N) is 3. The smallest absolute Gasteiger partial charge is 0.170 e. The fourth-order valence-electron chi connectivity index (χ4n) is 2.46. The largest absolute Gasteiger partial charge is 0.493 e. The molecule has 23 heavy (non-hydrogen) atoms. The number of thiocarbonyl (C=S) groups is 1. The summed E-state index contributed by atoms with van der Waals surface area (Å²) in [6.07, 6.45) is 0. The van der Waals surface area contributed by atoms with E-state index in [1.807, 2.05) is 25.1 Å². The second kappa shape index (κ2) is 9.54. The molecule has 0 bridgehead atoms. The molecule has 128 valence electrons. The second-order valence-corrected chi connectivity index (χ2v) is 5.70. The van der Waals surface area contributed by atoms with Gasteiger partial charge in [-0.2, -0.15) is 0 Å². The van der Waals surface area contributed by atoms with E-state index in [4.69, 9.17) is 26.4 Å². The van der Waals surface area contributed by atoms with E-state index < -0.39 is 0 Å². The Bertz CT molecular complexity index is 507. The molecule has 1 heterocycles. The number of rotatable bonds is 7. The number of hydrogen-bond donors (Lipinski definition) is 3. The van der Waals surface area contributed by atoms with Crippen molar-refractivity contribution < 1.29 is 19.1 Å². The van der Waals surface area contributed by atoms with E-state index in [1.165, 1.54) is 0 Å². The number of quaternary nitrogens is 1. The minimum atomic E-state index is 0.604. The standard InChI is InChI=1S/C16H25N3O3S/c1-3-22-14-5-4-13(12-15(14)20-2)18-16(23)17-6-7-19-8-10-21-11-9-19/h4-5,12H,3,6-11H2,1-2H3,(H2,17,18,23)/p+1. The van der Waals surface area contributed by atoms with Crippen LogP contribution in [0.3, 0.4) is 0 Å². The summed E-state index contributed by atoms with van der Waals surface area (Å²) in [7, 11) is 1.63. The van der Waals surface area contributed by atoms with Gasteiger partial charge in [0.25, 0.3) is 0 Å². The Morgan fingerprint density at radius 2 is 2.09 bits per heavy atom. The molecule has 0 saturated carbocycles. The summed E-state index contributed by atoms with van der Waals surface area (Å²) < 4.78 is 16.2. The zero-order chi connectivity index (χ0) is 16.5. The molecule has 3 N–H and O–H groups in total. The van der Waals surface area contributed by atoms with Gasteiger partial charge in [-0.25, -0.2) is 0 Å². The van der Waals surface area contributed by atoms with Crippen molar-refractivity contribution in [3.05, 3.63) is 18.2 Å². The number of hydrogen-bond acceptors (Lipinski definition) is 4. The summed E-state index contributed by atoms with van der Waals surface area (Å²) in [5.41, 5.74) is 0.876. The molecular weight excluding hydrogens is 314 g/mol. The Kier molecular flexibility index (Phi) is 7.38. The van der Waals surface area contributed by atoms with Crippen molar-refractivity contribution >= 4 is 23.0 Å². The molecule has 1 aliphatic heterocycles. The molecule has 0 atom stereocenters. The van der Waals surface area contributed by atoms with Crippen LogP contribution in [0.2, 0.25) is 0 Å². The van der Waals surface area contributed by atoms with E-state index in [-0.39, 0.29) is 0 Å². The Labute approximate surface area is 143 Å². The van der Waals surface area contributed by atoms with Gasteiger partial charge in [-0.3, -0.25) is 0 Å². The minimum absolute atomic E-state index is 0.604. The molecule has 0 spiro atoms. The lowest BCUT2D eigenvalue weighted by atomic mass is 10.3. The van der Waals surface area contributed by atoms with Crippen LogP contribution in [-0.4, -0.2) is 58.2 Å². The number of methoxy groups -OCH3 is 1. The van der Waals surface area contributed by atoms with Gasteiger partial charge in [0, 0.05) is 11.8 Å². The van der Waals surface area contributed by atoms with Gasteiger partial charge >= 0.3 is 0 Å². The summed E-state index contributed by atoms with van der Waals surface area (Å²) in [5, 5.41) is 7.03. The molecule has 0 aliphatic carbocycles. The third kappa shape index (κ3) is 5.85. The topological polar surface area (TPSA) is 56.2 Å². The third-order valence-electron chi connectivity index (χ3n) is 3.69. The Balaban J connectivity index is 1.77. The van der Waals surface area contributed by atoms with Crippen molar-refractivity contribution in [3.63, 3.8) is 0 Å². The van der Waals surface area contributed by atoms with Gasteiger partial charge in [0.05, 0.1) is 40.0 Å². The molecule has 1 aromatic rings. The van der Waals surface area contributed by atoms with Gasteiger partial charge in [0.2, 0.25) is 0 Å². The number of anilines is 1. The van der Waals surface area contributed by atoms with Crippen molar-refractivity contribution in [1.82, 2.24) is 5.32 Å². The summed E-state index contributed by atoms with van der Waals surface area (Å²) in [6.45, 7) is 8.27. The highest BCUT2D eigenvalue weighted by molar-refractivity contribution is 7.80. The molecule has 1 saturated heterocycles. The molecular formula is C16H26N3O3S+. The van der Waals surface area contributed by atoms with E-state index in [0.29, 0.717) is 17.5 Å². The van der Waals surface area contributed by atoms with Gasteiger partial charge < -0.3 is 29.7 Å². The lowest BCUT2D eigenvalue weighted by Crippen LogP contribution is -3.14. The monoisotopic (exact) mass is 340 g/mol. The summed E-state index contributed by atoms with van der Waals surface area (Å²) in [4.78, 5) is 1.55. The van der Waals surface area contributed by atoms with Gasteiger partial charge in [0.15, 0.2) is 16.6 Å². The highest BCUT2D eigenvalue weighted by Crippen LogP contribution is 2.30. The molecule has 0 radical (unpaired) electrons. The van der Waals surface area contributed by atoms with Gasteiger partial charge in [0.1, 0.15) is 13.1 Å². The van der Waals surface area contributed by atoms with Crippen LogP contribution in [0.5, 0.6) is 11.5 Å². The zero-order valence-corrected chi connectivity index (χ0v) is 14.6. The highest BCUT2D eigenvalue weighted by atomic mass is 32.1. The quantitative estimate of drug-likeness (QED) is 0.621. The van der Waals surface area contributed by atoms with Gasteiger partial charge in [-0.1, -0.05) is 0 Å². The number of ether oxygens (including phenoxy) is 3. The molecule has 1 fully saturated rings. The Morgan fingerprint density at radius 1 is 1.30 bits per heavy atom. The van der Waals surface area contributed by atoms with Gasteiger partial charge in [-0.05, 0) is 31.3 Å². The van der Waals surface area contributed by atoms with E-state index in [1.54, 1.807) is 12.0 Å². The summed E-state index contributed by atoms with van der Waals surface area (Å²) in [6, 6.07) is 5.69. The van der Waals surface area contributed by atoms with Crippen LogP contribution in [0.4, 0.5) is 5.69 Å². The lowest BCUT2D eigenvalue weighted by molar-refractivity contribution is -0.906. The molecule has 7 heteroatoms. The van der Waals surface area contributed by atoms with E-state index in [0.717, 1.165) is 50.8 Å². The van der Waals surface area contributed by atoms with Crippen LogP contribution in [0.15, 0.2) is 18.2 Å². The first kappa shape index (κ1) is 17.8. The Hall–Kier alpha value is -1.57. The van der Waals surface area contributed by atoms with Crippen molar-refractivity contribution in [2.75, 3.05) is 58.4 Å². The van der Waals surface area contributed by atoms with E-state index in [2.05, 4.69) is 10.6 Å². The van der Waals surface area contributed by atoms with Crippen LogP contribution in [0.1, 0.15) is 6.92 Å². The first-order chi connectivity index (χ1) is 11.2. The number of morpholine rings is 1. The zero-order valence-electron chi connectivity index (χ0n) is 13.8. The van der Waals surface area contributed by atoms with E-state index in [9.17, 15) is 0 Å². The van der Waals surface area contributed by atoms with E-state index >= 15 is 0 Å². The minimum Gasteiger partial charge on any atom is -0.493 e. The maximum Gasteiger partial charge on any atom is 0.170 e. The summed E-state index contributed by atoms with van der Waals surface area (Å²) in [5.74, 6) is 1.42. The average Bonchev–Trinajstić information content (AvgIpc) is 2.57. The fourth-order valence-corrected chi connectivity index (χ4v) is 2.68. The van der Waals surface area contributed by atoms with Crippen molar-refractivity contribution in [2.45, 2.75) is 6.92 Å². The van der Waals surface area contributed by atoms with Crippen LogP contribution in [-0.2, 0) is 4.74 Å². The number of benzene rings is 1. The molecule has 0 aromatic heterocycles. The van der Waals surface area contributed by atoms with Crippen LogP contribution >= 0.6 is 12.2 Å². The predicted molar refractivity (Wildman–Crippen MR) is 94.8 cm³/mol. The second-order valence-electron chi connectivity index (χ2n) is 5.29. The maximum absolute atomic E-state index is 5.51. The first-order valence-corrected chi connectivity index (χ1v) is 8.40. The summed E-state index contributed by atoms with van der Waals surface area (Å²) >= 11 is 5.34. The molecule has 1 aliphatic rings. The molecule has 1 aromatic carbocycles. The maximum atomic E-state index is 5.51. The van der Waals surface area contributed by atoms with Crippen molar-refractivity contribution in [3.8, 4) is 11.5 Å². The molecule has 0 unspecified atom stereocenters. The SMILES string of the molecule is CCOc1ccc(NC(=S)NCC[NH+]2CCOCC2)cc1OC. The van der Waals surface area contributed by atoms with Crippen LogP contribution in [0, 0.1) is 0 Å². The van der Waals surface area contributed by atoms with Crippen LogP contribution < -0.4 is 25.0 Å². The molecule has 0 amide bonds. The fraction of sp³-hybridized carbons (Fsp3) is 0.562. The Morgan fingerprint density at radius 3 is 2.78 bits per heavy atom. The third-order valence-corrected chi connectivity index (χ3v) is 3.93. The van der Waals surface area contributed by atoms with Crippen molar-refractivity contribution in [1.29, 1.82) is 0 Å². The first-order valence-electron chi connectivity index (χ1n) is 8.00. The molecule has 6 nitrogen and oxygen atoms in total. The molecule has 2 rings (SSSR count). The highest BCUT2D eigenvalue weighted by Gasteiger charge is 2.13. The predicted octanol–water partition coefficient (Wildman–Crippen LogP) is 0.295. The lowest BCUT2D eigenvalue weighted by Gasteiger charge is -2.24. The van der Waals surface area contributed by atoms with Crippen LogP contribution in [0.25, 0.3) is 0 Å². The van der Waals surface area contributed by atoms with Gasteiger partial charge in [-0.15, -0.1) is 0 Å². The van der Waals surface area contributed by atoms with Crippen molar-refractivity contribution in [2.24, 2.45) is 0 Å².